The van der Waals surface area contributed by atoms with Crippen LogP contribution in [0.25, 0.3) is 0 Å². The SMILES string of the molecule is COc1ccc(CNC(=O)[C@H](Cc2ccccc2)NC(=O)N2CCN(C(=O)OC(C)(C)C)CC2)cc1. The summed E-state index contributed by atoms with van der Waals surface area (Å²) in [7, 11) is 1.60. The van der Waals surface area contributed by atoms with Crippen molar-refractivity contribution in [3.05, 3.63) is 65.7 Å². The summed E-state index contributed by atoms with van der Waals surface area (Å²) in [6.07, 6.45) is -0.0266. The second-order valence-corrected chi connectivity index (χ2v) is 9.71. The second kappa shape index (κ2) is 12.3. The number of amides is 4. The van der Waals surface area contributed by atoms with Gasteiger partial charge in [-0.3, -0.25) is 4.79 Å². The van der Waals surface area contributed by atoms with Gasteiger partial charge in [-0.05, 0) is 44.0 Å². The molecule has 3 rings (SSSR count). The molecule has 2 aromatic rings. The topological polar surface area (TPSA) is 100 Å². The lowest BCUT2D eigenvalue weighted by Gasteiger charge is -2.36. The van der Waals surface area contributed by atoms with Gasteiger partial charge < -0.3 is 29.9 Å². The Morgan fingerprint density at radius 1 is 0.889 bits per heavy atom. The zero-order valence-electron chi connectivity index (χ0n) is 21.5. The van der Waals surface area contributed by atoms with E-state index in [1.54, 1.807) is 16.9 Å². The molecule has 0 bridgehead atoms. The number of urea groups is 1. The Hall–Kier alpha value is -3.75. The number of hydrogen-bond acceptors (Lipinski definition) is 5. The van der Waals surface area contributed by atoms with Gasteiger partial charge in [0.05, 0.1) is 7.11 Å². The maximum absolute atomic E-state index is 13.1. The fourth-order valence-corrected chi connectivity index (χ4v) is 3.77. The molecule has 194 valence electrons. The van der Waals surface area contributed by atoms with E-state index < -0.39 is 11.6 Å². The zero-order chi connectivity index (χ0) is 26.1. The second-order valence-electron chi connectivity index (χ2n) is 9.71. The highest BCUT2D eigenvalue weighted by Gasteiger charge is 2.29. The Balaban J connectivity index is 1.59. The monoisotopic (exact) mass is 496 g/mol. The van der Waals surface area contributed by atoms with Crippen molar-refractivity contribution in [2.45, 2.75) is 45.4 Å². The number of nitrogens with one attached hydrogen (secondary N) is 2. The smallest absolute Gasteiger partial charge is 0.410 e. The average molecular weight is 497 g/mol. The van der Waals surface area contributed by atoms with Crippen molar-refractivity contribution < 1.29 is 23.9 Å². The molecular formula is C27H36N4O5. The van der Waals surface area contributed by atoms with Crippen LogP contribution in [0.3, 0.4) is 0 Å². The van der Waals surface area contributed by atoms with E-state index in [1.807, 2.05) is 75.4 Å². The van der Waals surface area contributed by atoms with E-state index in [2.05, 4.69) is 10.6 Å². The van der Waals surface area contributed by atoms with E-state index in [4.69, 9.17) is 9.47 Å². The number of carbonyl (C=O) groups excluding carboxylic acids is 3. The van der Waals surface area contributed by atoms with Crippen LogP contribution in [0.4, 0.5) is 9.59 Å². The summed E-state index contributed by atoms with van der Waals surface area (Å²) in [4.78, 5) is 41.7. The molecule has 9 heteroatoms. The molecule has 2 N–H and O–H groups in total. The van der Waals surface area contributed by atoms with Crippen LogP contribution < -0.4 is 15.4 Å². The largest absolute Gasteiger partial charge is 0.497 e. The molecule has 9 nitrogen and oxygen atoms in total. The Kier molecular flexibility index (Phi) is 9.16. The van der Waals surface area contributed by atoms with Crippen LogP contribution in [0, 0.1) is 0 Å². The molecule has 4 amide bonds. The van der Waals surface area contributed by atoms with Crippen LogP contribution in [-0.4, -0.2) is 72.8 Å². The van der Waals surface area contributed by atoms with Crippen molar-refractivity contribution in [2.24, 2.45) is 0 Å². The van der Waals surface area contributed by atoms with Crippen LogP contribution in [0.2, 0.25) is 0 Å². The third-order valence-corrected chi connectivity index (χ3v) is 5.74. The fraction of sp³-hybridized carbons (Fsp3) is 0.444. The van der Waals surface area contributed by atoms with Crippen molar-refractivity contribution in [3.8, 4) is 5.75 Å². The summed E-state index contributed by atoms with van der Waals surface area (Å²) in [5.41, 5.74) is 1.29. The molecular weight excluding hydrogens is 460 g/mol. The number of hydrogen-bond donors (Lipinski definition) is 2. The number of nitrogens with zero attached hydrogens (tertiary/aromatic N) is 2. The van der Waals surface area contributed by atoms with Gasteiger partial charge in [0.15, 0.2) is 0 Å². The van der Waals surface area contributed by atoms with Gasteiger partial charge in [-0.15, -0.1) is 0 Å². The molecule has 0 aromatic heterocycles. The van der Waals surface area contributed by atoms with Crippen molar-refractivity contribution in [1.29, 1.82) is 0 Å². The summed E-state index contributed by atoms with van der Waals surface area (Å²) in [5, 5.41) is 5.82. The summed E-state index contributed by atoms with van der Waals surface area (Å²) in [6, 6.07) is 15.9. The summed E-state index contributed by atoms with van der Waals surface area (Å²) < 4.78 is 10.6. The lowest BCUT2D eigenvalue weighted by atomic mass is 10.1. The Morgan fingerprint density at radius 2 is 1.50 bits per heavy atom. The minimum atomic E-state index is -0.748. The van der Waals surface area contributed by atoms with E-state index in [0.717, 1.165) is 16.9 Å². The lowest BCUT2D eigenvalue weighted by molar-refractivity contribution is -0.123. The van der Waals surface area contributed by atoms with Crippen LogP contribution in [0.5, 0.6) is 5.75 Å². The number of benzene rings is 2. The summed E-state index contributed by atoms with van der Waals surface area (Å²) >= 11 is 0. The predicted octanol–water partition coefficient (Wildman–Crippen LogP) is 3.19. The molecule has 0 saturated carbocycles. The lowest BCUT2D eigenvalue weighted by Crippen LogP contribution is -2.57. The number of carbonyl (C=O) groups is 3. The highest BCUT2D eigenvalue weighted by Crippen LogP contribution is 2.13. The molecule has 1 atom stereocenters. The first-order chi connectivity index (χ1) is 17.1. The quantitative estimate of drug-likeness (QED) is 0.613. The maximum atomic E-state index is 13.1. The first kappa shape index (κ1) is 26.8. The Labute approximate surface area is 212 Å². The van der Waals surface area contributed by atoms with Crippen LogP contribution in [0.15, 0.2) is 54.6 Å². The predicted molar refractivity (Wildman–Crippen MR) is 137 cm³/mol. The van der Waals surface area contributed by atoms with Crippen molar-refractivity contribution >= 4 is 18.0 Å². The van der Waals surface area contributed by atoms with Crippen LogP contribution in [0.1, 0.15) is 31.9 Å². The molecule has 1 aliphatic heterocycles. The van der Waals surface area contributed by atoms with Crippen LogP contribution >= 0.6 is 0 Å². The Bertz CT molecular complexity index is 1010. The third-order valence-electron chi connectivity index (χ3n) is 5.74. The standard InChI is InChI=1S/C27H36N4O5/c1-27(2,3)36-26(34)31-16-14-30(15-17-31)25(33)29-23(18-20-8-6-5-7-9-20)24(32)28-19-21-10-12-22(35-4)13-11-21/h5-13,23H,14-19H2,1-4H3,(H,28,32)(H,29,33)/t23-/m0/s1. The minimum Gasteiger partial charge on any atom is -0.497 e. The van der Waals surface area contributed by atoms with Gasteiger partial charge >= 0.3 is 12.1 Å². The number of rotatable bonds is 7. The van der Waals surface area contributed by atoms with Gasteiger partial charge in [0.25, 0.3) is 0 Å². The summed E-state index contributed by atoms with van der Waals surface area (Å²) in [6.45, 7) is 7.25. The summed E-state index contributed by atoms with van der Waals surface area (Å²) in [5.74, 6) is 0.474. The highest BCUT2D eigenvalue weighted by molar-refractivity contribution is 5.87. The number of methoxy groups -OCH3 is 1. The first-order valence-electron chi connectivity index (χ1n) is 12.1. The third kappa shape index (κ3) is 8.18. The van der Waals surface area contributed by atoms with Crippen LogP contribution in [-0.2, 0) is 22.5 Å². The molecule has 1 saturated heterocycles. The molecule has 0 radical (unpaired) electrons. The van der Waals surface area contributed by atoms with Crippen molar-refractivity contribution in [3.63, 3.8) is 0 Å². The van der Waals surface area contributed by atoms with Gasteiger partial charge in [-0.25, -0.2) is 9.59 Å². The van der Waals surface area contributed by atoms with E-state index >= 15 is 0 Å². The van der Waals surface area contributed by atoms with Gasteiger partial charge in [0.1, 0.15) is 17.4 Å². The highest BCUT2D eigenvalue weighted by atomic mass is 16.6. The zero-order valence-corrected chi connectivity index (χ0v) is 21.5. The van der Waals surface area contributed by atoms with Crippen molar-refractivity contribution in [1.82, 2.24) is 20.4 Å². The number of piperazine rings is 1. The Morgan fingerprint density at radius 3 is 2.08 bits per heavy atom. The van der Waals surface area contributed by atoms with E-state index in [-0.39, 0.29) is 18.0 Å². The average Bonchev–Trinajstić information content (AvgIpc) is 2.87. The van der Waals surface area contributed by atoms with Gasteiger partial charge in [-0.2, -0.15) is 0 Å². The minimum absolute atomic E-state index is 0.268. The van der Waals surface area contributed by atoms with E-state index in [0.29, 0.717) is 39.1 Å². The normalized spacial score (nSPS) is 14.6. The number of ether oxygens (including phenoxy) is 2. The molecule has 0 spiro atoms. The van der Waals surface area contributed by atoms with Gasteiger partial charge in [0.2, 0.25) is 5.91 Å². The first-order valence-corrected chi connectivity index (χ1v) is 12.1. The molecule has 36 heavy (non-hydrogen) atoms. The molecule has 1 fully saturated rings. The fourth-order valence-electron chi connectivity index (χ4n) is 3.77. The van der Waals surface area contributed by atoms with E-state index in [1.165, 1.54) is 0 Å². The van der Waals surface area contributed by atoms with Gasteiger partial charge in [0, 0.05) is 39.1 Å². The maximum Gasteiger partial charge on any atom is 0.410 e. The molecule has 1 heterocycles. The molecule has 0 unspecified atom stereocenters. The van der Waals surface area contributed by atoms with Gasteiger partial charge in [-0.1, -0.05) is 42.5 Å². The van der Waals surface area contributed by atoms with Crippen molar-refractivity contribution in [2.75, 3.05) is 33.3 Å². The molecule has 2 aromatic carbocycles. The van der Waals surface area contributed by atoms with E-state index in [9.17, 15) is 14.4 Å². The molecule has 1 aliphatic rings. The molecule has 0 aliphatic carbocycles.